The number of benzene rings is 3. The highest BCUT2D eigenvalue weighted by Crippen LogP contribution is 2.54. The predicted octanol–water partition coefficient (Wildman–Crippen LogP) is 4.87. The van der Waals surface area contributed by atoms with Gasteiger partial charge in [-0.05, 0) is 54.3 Å². The molecule has 2 aliphatic heterocycles. The van der Waals surface area contributed by atoms with E-state index in [1.165, 1.54) is 0 Å². The van der Waals surface area contributed by atoms with Crippen LogP contribution >= 0.6 is 11.6 Å². The smallest absolute Gasteiger partial charge is 0.329 e. The number of amides is 2. The number of carbonyl (C=O) groups excluding carboxylic acids is 2. The van der Waals surface area contributed by atoms with E-state index in [9.17, 15) is 19.5 Å². The Morgan fingerprint density at radius 2 is 1.76 bits per heavy atom. The lowest BCUT2D eigenvalue weighted by molar-refractivity contribution is -0.149. The quantitative estimate of drug-likeness (QED) is 0.433. The maximum Gasteiger partial charge on any atom is 0.329 e. The Bertz CT molecular complexity index is 1360. The van der Waals surface area contributed by atoms with Crippen LogP contribution in [0.1, 0.15) is 36.1 Å². The zero-order valence-electron chi connectivity index (χ0n) is 20.5. The summed E-state index contributed by atoms with van der Waals surface area (Å²) in [5, 5.41) is 14.3. The van der Waals surface area contributed by atoms with Crippen LogP contribution in [0, 0.1) is 18.8 Å². The van der Waals surface area contributed by atoms with Gasteiger partial charge in [0.2, 0.25) is 11.8 Å². The summed E-state index contributed by atoms with van der Waals surface area (Å²) in [7, 11) is 0. The first-order chi connectivity index (χ1) is 17.8. The summed E-state index contributed by atoms with van der Waals surface area (Å²) in [5.41, 5.74) is 0.438. The topological polar surface area (TPSA) is 95.9 Å². The van der Waals surface area contributed by atoms with Crippen LogP contribution in [0.15, 0.2) is 72.8 Å². The van der Waals surface area contributed by atoms with Crippen molar-refractivity contribution in [1.29, 1.82) is 0 Å². The van der Waals surface area contributed by atoms with Crippen molar-refractivity contribution in [3.8, 4) is 5.75 Å². The molecular weight excluding hydrogens is 492 g/mol. The van der Waals surface area contributed by atoms with Crippen molar-refractivity contribution >= 4 is 35.1 Å². The summed E-state index contributed by atoms with van der Waals surface area (Å²) >= 11 is 6.32. The Morgan fingerprint density at radius 1 is 1.05 bits per heavy atom. The zero-order chi connectivity index (χ0) is 26.3. The third kappa shape index (κ3) is 3.99. The summed E-state index contributed by atoms with van der Waals surface area (Å²) in [6, 6.07) is 20.0. The number of hydrogen-bond donors (Lipinski definition) is 2. The molecule has 190 valence electrons. The van der Waals surface area contributed by atoms with Crippen LogP contribution in [0.3, 0.4) is 0 Å². The number of aliphatic carboxylic acids is 1. The molecule has 4 unspecified atom stereocenters. The Kier molecular flexibility index (Phi) is 6.52. The molecule has 3 aromatic rings. The van der Waals surface area contributed by atoms with Gasteiger partial charge >= 0.3 is 5.97 Å². The van der Waals surface area contributed by atoms with Gasteiger partial charge < -0.3 is 9.84 Å². The molecule has 3 aromatic carbocycles. The largest absolute Gasteiger partial charge is 0.494 e. The van der Waals surface area contributed by atoms with Gasteiger partial charge in [0.1, 0.15) is 5.75 Å². The molecule has 0 saturated carbocycles. The SMILES string of the molecule is CCCOc1ccc(C2NC(C(=O)O)(c3ccccc3)C3C(=O)N(c4ccc(C)c(Cl)c4)C(=O)C23)cc1. The lowest BCUT2D eigenvalue weighted by Crippen LogP contribution is -2.53. The van der Waals surface area contributed by atoms with E-state index in [1.807, 2.05) is 26.0 Å². The van der Waals surface area contributed by atoms with Crippen LogP contribution in [0.25, 0.3) is 0 Å². The van der Waals surface area contributed by atoms with Crippen molar-refractivity contribution in [1.82, 2.24) is 5.32 Å². The Labute approximate surface area is 220 Å². The molecule has 0 spiro atoms. The molecule has 2 saturated heterocycles. The van der Waals surface area contributed by atoms with Crippen LogP contribution < -0.4 is 15.0 Å². The molecule has 37 heavy (non-hydrogen) atoms. The summed E-state index contributed by atoms with van der Waals surface area (Å²) < 4.78 is 5.69. The van der Waals surface area contributed by atoms with Crippen LogP contribution in [-0.2, 0) is 19.9 Å². The van der Waals surface area contributed by atoms with Gasteiger partial charge in [-0.25, -0.2) is 9.69 Å². The highest BCUT2D eigenvalue weighted by atomic mass is 35.5. The minimum Gasteiger partial charge on any atom is -0.494 e. The van der Waals surface area contributed by atoms with E-state index in [-0.39, 0.29) is 0 Å². The number of ether oxygens (including phenoxy) is 1. The van der Waals surface area contributed by atoms with Crippen LogP contribution in [-0.4, -0.2) is 29.5 Å². The highest BCUT2D eigenvalue weighted by molar-refractivity contribution is 6.32. The first-order valence-corrected chi connectivity index (χ1v) is 12.6. The summed E-state index contributed by atoms with van der Waals surface area (Å²) in [4.78, 5) is 42.0. The molecule has 0 radical (unpaired) electrons. The van der Waals surface area contributed by atoms with Crippen molar-refractivity contribution in [3.05, 3.63) is 94.5 Å². The number of aryl methyl sites for hydroxylation is 1. The predicted molar refractivity (Wildman–Crippen MR) is 140 cm³/mol. The van der Waals surface area contributed by atoms with Gasteiger partial charge in [0.05, 0.1) is 24.1 Å². The minimum absolute atomic E-state index is 0.328. The van der Waals surface area contributed by atoms with Crippen molar-refractivity contribution in [3.63, 3.8) is 0 Å². The molecule has 5 rings (SSSR count). The van der Waals surface area contributed by atoms with Gasteiger partial charge in [-0.1, -0.05) is 67.1 Å². The highest BCUT2D eigenvalue weighted by Gasteiger charge is 2.69. The third-order valence-electron chi connectivity index (χ3n) is 7.25. The number of anilines is 1. The second kappa shape index (κ2) is 9.65. The number of carboxylic acids is 1. The van der Waals surface area contributed by atoms with E-state index in [0.717, 1.165) is 16.9 Å². The number of halogens is 1. The minimum atomic E-state index is -1.80. The molecule has 0 aliphatic carbocycles. The fraction of sp³-hybridized carbons (Fsp3) is 0.276. The summed E-state index contributed by atoms with van der Waals surface area (Å²) in [6.45, 7) is 4.41. The second-order valence-corrected chi connectivity index (χ2v) is 9.87. The van der Waals surface area contributed by atoms with E-state index in [1.54, 1.807) is 60.7 Å². The normalized spacial score (nSPS) is 24.8. The lowest BCUT2D eigenvalue weighted by Gasteiger charge is -2.31. The van der Waals surface area contributed by atoms with Gasteiger partial charge in [0.15, 0.2) is 5.54 Å². The van der Waals surface area contributed by atoms with Crippen molar-refractivity contribution < 1.29 is 24.2 Å². The number of imide groups is 1. The zero-order valence-corrected chi connectivity index (χ0v) is 21.2. The Hall–Kier alpha value is -3.68. The van der Waals surface area contributed by atoms with Crippen molar-refractivity contribution in [2.45, 2.75) is 31.8 Å². The van der Waals surface area contributed by atoms with E-state index < -0.39 is 41.2 Å². The molecule has 8 heteroatoms. The number of hydrogen-bond acceptors (Lipinski definition) is 5. The molecule has 2 heterocycles. The molecule has 7 nitrogen and oxygen atoms in total. The lowest BCUT2D eigenvalue weighted by atomic mass is 9.75. The molecule has 2 amide bonds. The Morgan fingerprint density at radius 3 is 2.38 bits per heavy atom. The fourth-order valence-corrected chi connectivity index (χ4v) is 5.62. The van der Waals surface area contributed by atoms with E-state index in [2.05, 4.69) is 5.32 Å². The van der Waals surface area contributed by atoms with Crippen molar-refractivity contribution in [2.75, 3.05) is 11.5 Å². The third-order valence-corrected chi connectivity index (χ3v) is 7.66. The average molecular weight is 519 g/mol. The molecule has 2 aliphatic rings. The number of carbonyl (C=O) groups is 3. The number of rotatable bonds is 7. The Balaban J connectivity index is 1.64. The first-order valence-electron chi connectivity index (χ1n) is 12.2. The standard InChI is InChI=1S/C29H27ClN2O5/c1-3-15-37-21-13-10-18(11-14-21)25-23-24(29(31-25,28(35)36)19-7-5-4-6-8-19)27(34)32(26(23)33)20-12-9-17(2)22(30)16-20/h4-14,16,23-25,31H,3,15H2,1-2H3,(H,35,36). The van der Waals surface area contributed by atoms with Gasteiger partial charge in [-0.3, -0.25) is 14.9 Å². The average Bonchev–Trinajstić information content (AvgIpc) is 3.40. The molecule has 2 N–H and O–H groups in total. The van der Waals surface area contributed by atoms with Crippen molar-refractivity contribution in [2.24, 2.45) is 11.8 Å². The molecule has 0 bridgehead atoms. The van der Waals surface area contributed by atoms with Gasteiger partial charge in [-0.2, -0.15) is 0 Å². The van der Waals surface area contributed by atoms with Gasteiger partial charge in [-0.15, -0.1) is 0 Å². The summed E-state index contributed by atoms with van der Waals surface area (Å²) in [6.07, 6.45) is 0.864. The molecule has 4 atom stereocenters. The molecule has 0 aromatic heterocycles. The van der Waals surface area contributed by atoms with E-state index in [4.69, 9.17) is 16.3 Å². The molecule has 2 fully saturated rings. The fourth-order valence-electron chi connectivity index (χ4n) is 5.45. The van der Waals surface area contributed by atoms with Gasteiger partial charge in [0.25, 0.3) is 0 Å². The van der Waals surface area contributed by atoms with Crippen LogP contribution in [0.4, 0.5) is 5.69 Å². The molecular formula is C29H27ClN2O5. The van der Waals surface area contributed by atoms with Crippen LogP contribution in [0.5, 0.6) is 5.75 Å². The number of nitrogens with one attached hydrogen (secondary N) is 1. The van der Waals surface area contributed by atoms with E-state index in [0.29, 0.717) is 34.2 Å². The van der Waals surface area contributed by atoms with Gasteiger partial charge in [0, 0.05) is 11.1 Å². The summed E-state index contributed by atoms with van der Waals surface area (Å²) in [5.74, 6) is -3.68. The maximum atomic E-state index is 14.0. The number of nitrogens with zero attached hydrogens (tertiary/aromatic N) is 1. The second-order valence-electron chi connectivity index (χ2n) is 9.47. The van der Waals surface area contributed by atoms with Crippen LogP contribution in [0.2, 0.25) is 5.02 Å². The monoisotopic (exact) mass is 518 g/mol. The number of fused-ring (bicyclic) bond motifs is 1. The van der Waals surface area contributed by atoms with E-state index >= 15 is 0 Å². The number of carboxylic acid groups (broad SMARTS) is 1. The first kappa shape index (κ1) is 25.0. The maximum absolute atomic E-state index is 14.0.